The van der Waals surface area contributed by atoms with Crippen LogP contribution in [-0.2, 0) is 9.84 Å². The van der Waals surface area contributed by atoms with E-state index in [0.29, 0.717) is 0 Å². The molecule has 2 aromatic rings. The molecule has 0 saturated heterocycles. The molecule has 0 saturated carbocycles. The molecule has 1 aromatic heterocycles. The van der Waals surface area contributed by atoms with Crippen LogP contribution in [0.4, 0.5) is 5.95 Å². The third-order valence-corrected chi connectivity index (χ3v) is 3.89. The topological polar surface area (TPSA) is 106 Å². The molecule has 0 unspecified atom stereocenters. The van der Waals surface area contributed by atoms with Gasteiger partial charge in [0, 0.05) is 0 Å². The molecule has 0 radical (unpaired) electrons. The van der Waals surface area contributed by atoms with Gasteiger partial charge in [-0.15, -0.1) is 0 Å². The molecule has 0 aliphatic carbocycles. The number of aromatic nitrogens is 2. The van der Waals surface area contributed by atoms with Crippen molar-refractivity contribution in [2.75, 3.05) is 5.73 Å². The zero-order valence-corrected chi connectivity index (χ0v) is 9.44. The van der Waals surface area contributed by atoms with Crippen molar-refractivity contribution in [2.45, 2.75) is 9.79 Å². The first-order valence-electron chi connectivity index (χ1n) is 4.67. The second-order valence-corrected chi connectivity index (χ2v) is 5.20. The van der Waals surface area contributed by atoms with E-state index in [1.165, 1.54) is 12.1 Å². The van der Waals surface area contributed by atoms with Crippen LogP contribution in [0.25, 0.3) is 0 Å². The number of hydrogen-bond acceptors (Lipinski definition) is 5. The number of aromatic amines is 1. The van der Waals surface area contributed by atoms with E-state index < -0.39 is 20.3 Å². The first-order valence-corrected chi connectivity index (χ1v) is 6.15. The average Bonchev–Trinajstić information content (AvgIpc) is 2.29. The molecule has 6 nitrogen and oxygen atoms in total. The standard InChI is InChI=1S/C10H9N3O3S/c11-10-12-6-8(9(14)13-10)17(15,16)7-4-2-1-3-5-7/h1-6H,(H3,11,12,13,14). The third kappa shape index (κ3) is 2.04. The van der Waals surface area contributed by atoms with Gasteiger partial charge >= 0.3 is 0 Å². The van der Waals surface area contributed by atoms with Crippen LogP contribution < -0.4 is 11.3 Å². The smallest absolute Gasteiger partial charge is 0.271 e. The molecule has 0 spiro atoms. The molecule has 0 fully saturated rings. The van der Waals surface area contributed by atoms with Crippen molar-refractivity contribution in [1.82, 2.24) is 9.97 Å². The lowest BCUT2D eigenvalue weighted by molar-refractivity contribution is 0.594. The lowest BCUT2D eigenvalue weighted by Gasteiger charge is -2.02. The van der Waals surface area contributed by atoms with Crippen molar-refractivity contribution in [3.63, 3.8) is 0 Å². The monoisotopic (exact) mass is 251 g/mol. The Kier molecular flexibility index (Phi) is 2.68. The molecule has 1 heterocycles. The fraction of sp³-hybridized carbons (Fsp3) is 0. The molecular formula is C10H9N3O3S. The second kappa shape index (κ2) is 4.02. The van der Waals surface area contributed by atoms with Gasteiger partial charge in [-0.3, -0.25) is 9.78 Å². The highest BCUT2D eigenvalue weighted by Crippen LogP contribution is 2.16. The van der Waals surface area contributed by atoms with E-state index in [2.05, 4.69) is 9.97 Å². The van der Waals surface area contributed by atoms with E-state index in [1.54, 1.807) is 18.2 Å². The Morgan fingerprint density at radius 2 is 1.82 bits per heavy atom. The van der Waals surface area contributed by atoms with Gasteiger partial charge in [-0.1, -0.05) is 18.2 Å². The zero-order chi connectivity index (χ0) is 12.5. The number of rotatable bonds is 2. The Morgan fingerprint density at radius 3 is 2.41 bits per heavy atom. The Balaban J connectivity index is 2.65. The number of benzene rings is 1. The van der Waals surface area contributed by atoms with Gasteiger partial charge in [-0.05, 0) is 12.1 Å². The van der Waals surface area contributed by atoms with E-state index in [1.807, 2.05) is 0 Å². The predicted molar refractivity (Wildman–Crippen MR) is 61.2 cm³/mol. The van der Waals surface area contributed by atoms with Crippen molar-refractivity contribution >= 4 is 15.8 Å². The van der Waals surface area contributed by atoms with Crippen LogP contribution in [-0.4, -0.2) is 18.4 Å². The summed E-state index contributed by atoms with van der Waals surface area (Å²) in [6.07, 6.45) is 0.955. The number of nitrogen functional groups attached to an aromatic ring is 1. The number of nitrogens with zero attached hydrogens (tertiary/aromatic N) is 1. The molecule has 1 aromatic carbocycles. The molecule has 0 atom stereocenters. The van der Waals surface area contributed by atoms with Crippen molar-refractivity contribution in [1.29, 1.82) is 0 Å². The van der Waals surface area contributed by atoms with E-state index in [0.717, 1.165) is 6.20 Å². The molecule has 17 heavy (non-hydrogen) atoms. The summed E-state index contributed by atoms with van der Waals surface area (Å²) in [5.74, 6) is -0.123. The van der Waals surface area contributed by atoms with Gasteiger partial charge in [-0.25, -0.2) is 13.4 Å². The summed E-state index contributed by atoms with van der Waals surface area (Å²) in [6.45, 7) is 0. The van der Waals surface area contributed by atoms with Crippen LogP contribution in [0.15, 0.2) is 51.1 Å². The van der Waals surface area contributed by atoms with Gasteiger partial charge in [0.1, 0.15) is 0 Å². The number of H-pyrrole nitrogens is 1. The first kappa shape index (κ1) is 11.3. The van der Waals surface area contributed by atoms with Gasteiger partial charge < -0.3 is 5.73 Å². The Hall–Kier alpha value is -2.15. The van der Waals surface area contributed by atoms with E-state index >= 15 is 0 Å². The molecular weight excluding hydrogens is 242 g/mol. The molecule has 2 rings (SSSR count). The van der Waals surface area contributed by atoms with Crippen molar-refractivity contribution in [2.24, 2.45) is 0 Å². The number of nitrogens with two attached hydrogens (primary N) is 1. The first-order chi connectivity index (χ1) is 8.01. The predicted octanol–water partition coefficient (Wildman–Crippen LogP) is 0.185. The second-order valence-electron chi connectivity index (χ2n) is 3.28. The number of hydrogen-bond donors (Lipinski definition) is 2. The molecule has 3 N–H and O–H groups in total. The van der Waals surface area contributed by atoms with Crippen LogP contribution in [0.1, 0.15) is 0 Å². The summed E-state index contributed by atoms with van der Waals surface area (Å²) in [7, 11) is -3.85. The number of nitrogens with one attached hydrogen (secondary N) is 1. The van der Waals surface area contributed by atoms with Gasteiger partial charge in [0.2, 0.25) is 9.84 Å². The third-order valence-electron chi connectivity index (χ3n) is 2.13. The Bertz CT molecular complexity index is 692. The normalized spacial score (nSPS) is 11.3. The molecule has 0 aliphatic rings. The SMILES string of the molecule is Nc1ncc(S(=O)(=O)c2ccccc2)c(=O)[nH]1. The summed E-state index contributed by atoms with van der Waals surface area (Å²) in [5, 5.41) is 0. The molecule has 7 heteroatoms. The minimum Gasteiger partial charge on any atom is -0.369 e. The van der Waals surface area contributed by atoms with Gasteiger partial charge in [0.25, 0.3) is 5.56 Å². The van der Waals surface area contributed by atoms with E-state index in [9.17, 15) is 13.2 Å². The average molecular weight is 251 g/mol. The highest BCUT2D eigenvalue weighted by atomic mass is 32.2. The van der Waals surface area contributed by atoms with Crippen molar-refractivity contribution in [3.8, 4) is 0 Å². The molecule has 0 amide bonds. The lowest BCUT2D eigenvalue weighted by atomic mass is 10.4. The summed E-state index contributed by atoms with van der Waals surface area (Å²) in [6, 6.07) is 7.65. The van der Waals surface area contributed by atoms with Crippen LogP contribution in [0.2, 0.25) is 0 Å². The van der Waals surface area contributed by atoms with Crippen LogP contribution >= 0.6 is 0 Å². The van der Waals surface area contributed by atoms with Gasteiger partial charge in [0.15, 0.2) is 10.8 Å². The summed E-state index contributed by atoms with van der Waals surface area (Å²) < 4.78 is 24.1. The fourth-order valence-corrected chi connectivity index (χ4v) is 2.57. The minimum absolute atomic E-state index is 0.0390. The highest BCUT2D eigenvalue weighted by Gasteiger charge is 2.21. The maximum absolute atomic E-state index is 12.1. The fourth-order valence-electron chi connectivity index (χ4n) is 1.32. The zero-order valence-electron chi connectivity index (χ0n) is 8.62. The molecule has 88 valence electrons. The Labute approximate surface area is 97.1 Å². The van der Waals surface area contributed by atoms with Crippen molar-refractivity contribution in [3.05, 3.63) is 46.9 Å². The van der Waals surface area contributed by atoms with Gasteiger partial charge in [0.05, 0.1) is 11.1 Å². The van der Waals surface area contributed by atoms with Crippen LogP contribution in [0, 0.1) is 0 Å². The maximum Gasteiger partial charge on any atom is 0.271 e. The van der Waals surface area contributed by atoms with Crippen LogP contribution in [0.5, 0.6) is 0 Å². The summed E-state index contributed by atoms with van der Waals surface area (Å²) in [4.78, 5) is 16.8. The maximum atomic E-state index is 12.1. The minimum atomic E-state index is -3.85. The summed E-state index contributed by atoms with van der Waals surface area (Å²) in [5.41, 5.74) is 4.47. The van der Waals surface area contributed by atoms with E-state index in [-0.39, 0.29) is 10.8 Å². The molecule has 0 bridgehead atoms. The summed E-state index contributed by atoms with van der Waals surface area (Å²) >= 11 is 0. The number of sulfone groups is 1. The number of anilines is 1. The highest BCUT2D eigenvalue weighted by molar-refractivity contribution is 7.91. The Morgan fingerprint density at radius 1 is 1.18 bits per heavy atom. The van der Waals surface area contributed by atoms with Crippen molar-refractivity contribution < 1.29 is 8.42 Å². The van der Waals surface area contributed by atoms with Crippen LogP contribution in [0.3, 0.4) is 0 Å². The lowest BCUT2D eigenvalue weighted by Crippen LogP contribution is -2.19. The molecule has 0 aliphatic heterocycles. The largest absolute Gasteiger partial charge is 0.369 e. The quantitative estimate of drug-likeness (QED) is 0.792. The van der Waals surface area contributed by atoms with Gasteiger partial charge in [-0.2, -0.15) is 0 Å². The van der Waals surface area contributed by atoms with E-state index in [4.69, 9.17) is 5.73 Å².